The Bertz CT molecular complexity index is 919. The Hall–Kier alpha value is -2.34. The lowest BCUT2D eigenvalue weighted by Gasteiger charge is -2.25. The number of hydrogen-bond acceptors (Lipinski definition) is 3. The normalized spacial score (nSPS) is 12.2. The minimum Gasteiger partial charge on any atom is -0.329 e. The first-order valence-electron chi connectivity index (χ1n) is 10.6. The van der Waals surface area contributed by atoms with Crippen LogP contribution in [0.1, 0.15) is 71.4 Å². The van der Waals surface area contributed by atoms with E-state index in [0.29, 0.717) is 22.9 Å². The molecule has 2 amide bonds. The summed E-state index contributed by atoms with van der Waals surface area (Å²) in [7, 11) is 0. The maximum Gasteiger partial charge on any atom is 0.254 e. The van der Waals surface area contributed by atoms with Gasteiger partial charge in [0.2, 0.25) is 5.91 Å². The number of aromatic nitrogens is 2. The van der Waals surface area contributed by atoms with Crippen LogP contribution in [0.2, 0.25) is 5.02 Å². The van der Waals surface area contributed by atoms with Crippen LogP contribution >= 0.6 is 11.6 Å². The van der Waals surface area contributed by atoms with Crippen LogP contribution in [0.4, 0.5) is 5.82 Å². The maximum absolute atomic E-state index is 13.0. The molecule has 0 saturated heterocycles. The molecular weight excluding hydrogens is 412 g/mol. The maximum atomic E-state index is 13.0. The van der Waals surface area contributed by atoms with Crippen molar-refractivity contribution in [3.05, 3.63) is 46.6 Å². The van der Waals surface area contributed by atoms with Crippen LogP contribution in [0.25, 0.3) is 0 Å². The highest BCUT2D eigenvalue weighted by Crippen LogP contribution is 2.28. The van der Waals surface area contributed by atoms with Gasteiger partial charge in [-0.2, -0.15) is 5.10 Å². The Labute approximate surface area is 191 Å². The summed E-state index contributed by atoms with van der Waals surface area (Å²) in [6, 6.07) is 8.63. The van der Waals surface area contributed by atoms with Gasteiger partial charge in [-0.15, -0.1) is 0 Å². The molecule has 2 rings (SSSR count). The molecule has 0 saturated carbocycles. The zero-order valence-electron chi connectivity index (χ0n) is 19.9. The van der Waals surface area contributed by atoms with E-state index in [4.69, 9.17) is 16.7 Å². The molecule has 1 N–H and O–H groups in total. The SMILES string of the molecule is CC(C)CN(CC(=O)Nc1cc(C(C)(C)C)nn1C(C)(C)C)C(=O)c1ccc(Cl)cc1. The highest BCUT2D eigenvalue weighted by molar-refractivity contribution is 6.30. The fourth-order valence-corrected chi connectivity index (χ4v) is 3.26. The number of nitrogens with zero attached hydrogens (tertiary/aromatic N) is 3. The number of nitrogens with one attached hydrogen (secondary N) is 1. The molecule has 1 aromatic heterocycles. The molecule has 31 heavy (non-hydrogen) atoms. The Kier molecular flexibility index (Phi) is 7.58. The minimum atomic E-state index is -0.303. The lowest BCUT2D eigenvalue weighted by molar-refractivity contribution is -0.117. The van der Waals surface area contributed by atoms with Crippen molar-refractivity contribution in [2.75, 3.05) is 18.4 Å². The van der Waals surface area contributed by atoms with Crippen molar-refractivity contribution in [3.8, 4) is 0 Å². The van der Waals surface area contributed by atoms with E-state index in [1.807, 2.05) is 45.4 Å². The van der Waals surface area contributed by atoms with Crippen LogP contribution in [-0.4, -0.2) is 39.6 Å². The van der Waals surface area contributed by atoms with Gasteiger partial charge in [0, 0.05) is 28.6 Å². The number of benzene rings is 1. The molecular formula is C24H35ClN4O2. The van der Waals surface area contributed by atoms with Crippen LogP contribution in [0.15, 0.2) is 30.3 Å². The van der Waals surface area contributed by atoms with Crippen LogP contribution in [0.3, 0.4) is 0 Å². The Morgan fingerprint density at radius 2 is 1.68 bits per heavy atom. The van der Waals surface area contributed by atoms with Gasteiger partial charge in [0.05, 0.1) is 11.2 Å². The molecule has 7 heteroatoms. The van der Waals surface area contributed by atoms with E-state index in [2.05, 4.69) is 26.1 Å². The molecule has 0 atom stereocenters. The number of carbonyl (C=O) groups excluding carboxylic acids is 2. The van der Waals surface area contributed by atoms with Crippen LogP contribution in [-0.2, 0) is 15.7 Å². The predicted molar refractivity (Wildman–Crippen MR) is 127 cm³/mol. The predicted octanol–water partition coefficient (Wildman–Crippen LogP) is 5.33. The molecule has 1 heterocycles. The first kappa shape index (κ1) is 24.9. The zero-order valence-corrected chi connectivity index (χ0v) is 20.7. The van der Waals surface area contributed by atoms with Crippen molar-refractivity contribution in [2.24, 2.45) is 5.92 Å². The van der Waals surface area contributed by atoms with Gasteiger partial charge >= 0.3 is 0 Å². The van der Waals surface area contributed by atoms with E-state index < -0.39 is 0 Å². The molecule has 0 bridgehead atoms. The van der Waals surface area contributed by atoms with Crippen molar-refractivity contribution in [1.29, 1.82) is 0 Å². The molecule has 1 aromatic carbocycles. The number of amides is 2. The van der Waals surface area contributed by atoms with E-state index in [9.17, 15) is 9.59 Å². The Morgan fingerprint density at radius 3 is 2.16 bits per heavy atom. The lowest BCUT2D eigenvalue weighted by atomic mass is 9.92. The average Bonchev–Trinajstić information content (AvgIpc) is 3.05. The van der Waals surface area contributed by atoms with Crippen LogP contribution < -0.4 is 5.32 Å². The summed E-state index contributed by atoms with van der Waals surface area (Å²) in [5.41, 5.74) is 0.953. The van der Waals surface area contributed by atoms with E-state index in [1.165, 1.54) is 0 Å². The van der Waals surface area contributed by atoms with Gasteiger partial charge in [-0.3, -0.25) is 9.59 Å². The van der Waals surface area contributed by atoms with Crippen LogP contribution in [0, 0.1) is 5.92 Å². The van der Waals surface area contributed by atoms with Gasteiger partial charge in [-0.1, -0.05) is 46.2 Å². The van der Waals surface area contributed by atoms with Gasteiger partial charge < -0.3 is 10.2 Å². The first-order valence-corrected chi connectivity index (χ1v) is 11.0. The summed E-state index contributed by atoms with van der Waals surface area (Å²) < 4.78 is 1.83. The third-order valence-electron chi connectivity index (χ3n) is 4.68. The van der Waals surface area contributed by atoms with Gasteiger partial charge in [0.25, 0.3) is 5.91 Å². The van der Waals surface area contributed by atoms with Crippen molar-refractivity contribution < 1.29 is 9.59 Å². The van der Waals surface area contributed by atoms with Crippen molar-refractivity contribution in [3.63, 3.8) is 0 Å². The zero-order chi connectivity index (χ0) is 23.6. The van der Waals surface area contributed by atoms with E-state index in [0.717, 1.165) is 5.69 Å². The third-order valence-corrected chi connectivity index (χ3v) is 4.93. The number of anilines is 1. The lowest BCUT2D eigenvalue weighted by Crippen LogP contribution is -2.40. The molecule has 0 radical (unpaired) electrons. The molecule has 6 nitrogen and oxygen atoms in total. The second kappa shape index (κ2) is 9.43. The van der Waals surface area contributed by atoms with Crippen molar-refractivity contribution in [1.82, 2.24) is 14.7 Å². The summed E-state index contributed by atoms with van der Waals surface area (Å²) in [5.74, 6) is 0.400. The molecule has 0 unspecified atom stereocenters. The van der Waals surface area contributed by atoms with E-state index in [1.54, 1.807) is 29.2 Å². The largest absolute Gasteiger partial charge is 0.329 e. The molecule has 0 aliphatic heterocycles. The number of rotatable bonds is 6. The summed E-state index contributed by atoms with van der Waals surface area (Å²) in [5, 5.41) is 8.27. The quantitative estimate of drug-likeness (QED) is 0.652. The second-order valence-electron chi connectivity index (χ2n) is 10.4. The van der Waals surface area contributed by atoms with Gasteiger partial charge in [-0.25, -0.2) is 4.68 Å². The second-order valence-corrected chi connectivity index (χ2v) is 10.8. The van der Waals surface area contributed by atoms with E-state index >= 15 is 0 Å². The Balaban J connectivity index is 2.25. The number of hydrogen-bond donors (Lipinski definition) is 1. The molecule has 0 aliphatic carbocycles. The van der Waals surface area contributed by atoms with Gasteiger partial charge in [-0.05, 0) is 51.0 Å². The molecule has 170 valence electrons. The molecule has 2 aromatic rings. The first-order chi connectivity index (χ1) is 14.2. The average molecular weight is 447 g/mol. The Morgan fingerprint density at radius 1 is 1.10 bits per heavy atom. The topological polar surface area (TPSA) is 67.2 Å². The smallest absolute Gasteiger partial charge is 0.254 e. The highest BCUT2D eigenvalue weighted by atomic mass is 35.5. The van der Waals surface area contributed by atoms with Gasteiger partial charge in [0.15, 0.2) is 0 Å². The monoisotopic (exact) mass is 446 g/mol. The summed E-state index contributed by atoms with van der Waals surface area (Å²) in [6.07, 6.45) is 0. The number of carbonyl (C=O) groups is 2. The summed E-state index contributed by atoms with van der Waals surface area (Å²) in [4.78, 5) is 27.6. The highest BCUT2D eigenvalue weighted by Gasteiger charge is 2.27. The molecule has 0 aliphatic rings. The van der Waals surface area contributed by atoms with Crippen molar-refractivity contribution in [2.45, 2.75) is 66.3 Å². The standard InChI is InChI=1S/C24H35ClN4O2/c1-16(2)14-28(22(31)17-9-11-18(25)12-10-17)15-21(30)26-20-13-19(23(3,4)5)27-29(20)24(6,7)8/h9-13,16H,14-15H2,1-8H3,(H,26,30). The van der Waals surface area contributed by atoms with Crippen molar-refractivity contribution >= 4 is 29.2 Å². The van der Waals surface area contributed by atoms with Gasteiger partial charge in [0.1, 0.15) is 12.4 Å². The molecule has 0 spiro atoms. The fraction of sp³-hybridized carbons (Fsp3) is 0.542. The molecule has 0 fully saturated rings. The van der Waals surface area contributed by atoms with E-state index in [-0.39, 0.29) is 35.2 Å². The third kappa shape index (κ3) is 6.82. The number of halogens is 1. The fourth-order valence-electron chi connectivity index (χ4n) is 3.14. The van der Waals surface area contributed by atoms with Crippen LogP contribution in [0.5, 0.6) is 0 Å². The minimum absolute atomic E-state index is 0.0419. The summed E-state index contributed by atoms with van der Waals surface area (Å²) in [6.45, 7) is 16.8. The summed E-state index contributed by atoms with van der Waals surface area (Å²) >= 11 is 5.94.